The summed E-state index contributed by atoms with van der Waals surface area (Å²) in [5.74, 6) is -1.45. The summed E-state index contributed by atoms with van der Waals surface area (Å²) in [4.78, 5) is 34.1. The minimum absolute atomic E-state index is 0.0519. The van der Waals surface area contributed by atoms with Crippen LogP contribution in [0.2, 0.25) is 0 Å². The van der Waals surface area contributed by atoms with Crippen LogP contribution in [0.5, 0.6) is 0 Å². The number of hydrogen-bond acceptors (Lipinski definition) is 6. The van der Waals surface area contributed by atoms with Gasteiger partial charge in [0.15, 0.2) is 0 Å². The third-order valence-electron chi connectivity index (χ3n) is 5.77. The number of carbonyl (C=O) groups excluding carboxylic acids is 3. The van der Waals surface area contributed by atoms with Crippen LogP contribution in [0.1, 0.15) is 58.7 Å². The molecule has 0 aliphatic carbocycles. The second-order valence-electron chi connectivity index (χ2n) is 10.4. The van der Waals surface area contributed by atoms with Crippen LogP contribution in [0.3, 0.4) is 0 Å². The van der Waals surface area contributed by atoms with E-state index in [9.17, 15) is 27.6 Å². The molecule has 0 bridgehead atoms. The number of alkyl halides is 3. The van der Waals surface area contributed by atoms with E-state index >= 15 is 0 Å². The molecule has 1 unspecified atom stereocenters. The molecule has 210 valence electrons. The largest absolute Gasteiger partial charge is 0.471 e. The molecule has 3 heterocycles. The molecule has 10 nitrogen and oxygen atoms in total. The lowest BCUT2D eigenvalue weighted by Gasteiger charge is -2.22. The van der Waals surface area contributed by atoms with Crippen molar-refractivity contribution in [3.8, 4) is 6.07 Å². The summed E-state index contributed by atoms with van der Waals surface area (Å²) < 4.78 is 37.2. The van der Waals surface area contributed by atoms with Gasteiger partial charge in [0.25, 0.3) is 0 Å². The summed E-state index contributed by atoms with van der Waals surface area (Å²) in [5.41, 5.74) is 2.31. The maximum absolute atomic E-state index is 11.9. The first-order valence-corrected chi connectivity index (χ1v) is 12.1. The predicted octanol–water partition coefficient (Wildman–Crippen LogP) is 3.18. The molecule has 1 saturated heterocycles. The van der Waals surface area contributed by atoms with E-state index in [4.69, 9.17) is 5.26 Å². The summed E-state index contributed by atoms with van der Waals surface area (Å²) in [6, 6.07) is 3.13. The van der Waals surface area contributed by atoms with Crippen molar-refractivity contribution >= 4 is 23.7 Å². The monoisotopic (exact) mass is 539 g/mol. The second kappa shape index (κ2) is 13.7. The van der Waals surface area contributed by atoms with Gasteiger partial charge < -0.3 is 15.5 Å². The van der Waals surface area contributed by atoms with Crippen LogP contribution in [0.15, 0.2) is 18.5 Å². The molecule has 0 radical (unpaired) electrons. The lowest BCUT2D eigenvalue weighted by Crippen LogP contribution is -2.44. The van der Waals surface area contributed by atoms with E-state index in [-0.39, 0.29) is 11.3 Å². The van der Waals surface area contributed by atoms with Crippen molar-refractivity contribution in [3.63, 3.8) is 0 Å². The van der Waals surface area contributed by atoms with Crippen molar-refractivity contribution < 1.29 is 27.6 Å². The standard InChI is InChI=1S/C11H17F3N2O2.C10H9N5O.C4H10/c1-7-5-16(6-10(7,2)3)8(17)4-15-9(18)11(12,13)14;1-7-2-3-13-15-10(7)8(5-14-15)9(4-11)12-6-16;1-4(2)3/h7H,4-6H2,1-3H3,(H,15,18);2-3,5-6,9H,1H3,(H,12,16);4H,1-3H3/t7-;;/m0../s1. The highest BCUT2D eigenvalue weighted by molar-refractivity contribution is 5.87. The first-order valence-electron chi connectivity index (χ1n) is 12.1. The summed E-state index contributed by atoms with van der Waals surface area (Å²) in [5, 5.41) is 21.0. The highest BCUT2D eigenvalue weighted by atomic mass is 19.4. The SMILES string of the molecule is CC(C)C.C[C@H]1CN(C(=O)CNC(=O)C(F)(F)F)CC1(C)C.Cc1ccnn2ncc(C(C#N)NC=O)c12. The topological polar surface area (TPSA) is 132 Å². The van der Waals surface area contributed by atoms with Crippen LogP contribution in [0.25, 0.3) is 5.52 Å². The van der Waals surface area contributed by atoms with Crippen LogP contribution < -0.4 is 10.6 Å². The molecular formula is C25H36F3N7O3. The molecular weight excluding hydrogens is 503 g/mol. The number of aryl methyl sites for hydroxylation is 1. The van der Waals surface area contributed by atoms with Crippen molar-refractivity contribution in [1.82, 2.24) is 30.4 Å². The average molecular weight is 540 g/mol. The van der Waals surface area contributed by atoms with Crippen LogP contribution >= 0.6 is 0 Å². The van der Waals surface area contributed by atoms with Gasteiger partial charge in [-0.15, -0.1) is 0 Å². The van der Waals surface area contributed by atoms with Crippen LogP contribution in [0.4, 0.5) is 13.2 Å². The van der Waals surface area contributed by atoms with Crippen LogP contribution in [-0.2, 0) is 14.4 Å². The van der Waals surface area contributed by atoms with Gasteiger partial charge in [-0.2, -0.15) is 33.3 Å². The van der Waals surface area contributed by atoms with Gasteiger partial charge in [-0.1, -0.05) is 41.5 Å². The Balaban J connectivity index is 0.000000335. The Bertz CT molecular complexity index is 1140. The lowest BCUT2D eigenvalue weighted by atomic mass is 9.84. The van der Waals surface area contributed by atoms with Crippen LogP contribution in [0, 0.1) is 35.5 Å². The van der Waals surface area contributed by atoms with Gasteiger partial charge in [-0.25, -0.2) is 0 Å². The number of halogens is 3. The molecule has 0 saturated carbocycles. The van der Waals surface area contributed by atoms with E-state index in [0.29, 0.717) is 25.1 Å². The minimum Gasteiger partial charge on any atom is -0.340 e. The molecule has 13 heteroatoms. The number of aromatic nitrogens is 3. The Morgan fingerprint density at radius 1 is 1.29 bits per heavy atom. The molecule has 2 N–H and O–H groups in total. The van der Waals surface area contributed by atoms with E-state index in [1.807, 2.05) is 39.8 Å². The maximum Gasteiger partial charge on any atom is 0.471 e. The third kappa shape index (κ3) is 9.32. The fourth-order valence-electron chi connectivity index (χ4n) is 3.44. The fourth-order valence-corrected chi connectivity index (χ4v) is 3.44. The number of hydrogen-bond donors (Lipinski definition) is 2. The molecule has 3 amide bonds. The smallest absolute Gasteiger partial charge is 0.340 e. The minimum atomic E-state index is -4.95. The van der Waals surface area contributed by atoms with Crippen molar-refractivity contribution in [2.75, 3.05) is 19.6 Å². The number of carbonyl (C=O) groups is 3. The first-order chi connectivity index (χ1) is 17.5. The van der Waals surface area contributed by atoms with E-state index in [1.165, 1.54) is 9.53 Å². The van der Waals surface area contributed by atoms with Crippen molar-refractivity contribution in [3.05, 3.63) is 29.6 Å². The van der Waals surface area contributed by atoms with Crippen molar-refractivity contribution in [2.24, 2.45) is 17.3 Å². The number of nitrogens with one attached hydrogen (secondary N) is 2. The number of nitrogens with zero attached hydrogens (tertiary/aromatic N) is 5. The van der Waals surface area contributed by atoms with Gasteiger partial charge in [0.2, 0.25) is 12.3 Å². The second-order valence-corrected chi connectivity index (χ2v) is 10.4. The van der Waals surface area contributed by atoms with Gasteiger partial charge in [0.1, 0.15) is 6.04 Å². The molecule has 0 spiro atoms. The van der Waals surface area contributed by atoms with E-state index in [2.05, 4.69) is 36.3 Å². The maximum atomic E-state index is 11.9. The molecule has 1 aliphatic rings. The summed E-state index contributed by atoms with van der Waals surface area (Å²) in [6.07, 6.45) is -1.27. The van der Waals surface area contributed by atoms with Crippen molar-refractivity contribution in [2.45, 2.75) is 60.7 Å². The number of amides is 3. The zero-order valence-corrected chi connectivity index (χ0v) is 22.8. The highest BCUT2D eigenvalue weighted by Crippen LogP contribution is 2.34. The normalized spacial score (nSPS) is 16.9. The van der Waals surface area contributed by atoms with Crippen molar-refractivity contribution in [1.29, 1.82) is 5.26 Å². The fraction of sp³-hybridized carbons (Fsp3) is 0.600. The zero-order valence-electron chi connectivity index (χ0n) is 22.8. The Hall–Kier alpha value is -3.69. The molecule has 38 heavy (non-hydrogen) atoms. The van der Waals surface area contributed by atoms with Crippen LogP contribution in [-0.4, -0.2) is 63.8 Å². The Kier molecular flexibility index (Phi) is 11.7. The first kappa shape index (κ1) is 32.3. The Morgan fingerprint density at radius 3 is 2.37 bits per heavy atom. The summed E-state index contributed by atoms with van der Waals surface area (Å²) >= 11 is 0. The van der Waals surface area contributed by atoms with Gasteiger partial charge in [0, 0.05) is 24.8 Å². The predicted molar refractivity (Wildman–Crippen MR) is 134 cm³/mol. The highest BCUT2D eigenvalue weighted by Gasteiger charge is 2.41. The average Bonchev–Trinajstić information content (AvgIpc) is 3.36. The molecule has 2 aromatic rings. The summed E-state index contributed by atoms with van der Waals surface area (Å²) in [6.45, 7) is 14.8. The molecule has 0 aromatic carbocycles. The zero-order chi connectivity index (χ0) is 29.3. The van der Waals surface area contributed by atoms with E-state index in [0.717, 1.165) is 17.0 Å². The van der Waals surface area contributed by atoms with Gasteiger partial charge in [-0.05, 0) is 35.8 Å². The Labute approximate surface area is 220 Å². The summed E-state index contributed by atoms with van der Waals surface area (Å²) in [7, 11) is 0. The molecule has 1 aliphatic heterocycles. The number of rotatable bonds is 5. The Morgan fingerprint density at radius 2 is 1.89 bits per heavy atom. The van der Waals surface area contributed by atoms with E-state index < -0.39 is 30.6 Å². The van der Waals surface area contributed by atoms with Gasteiger partial charge in [-0.3, -0.25) is 14.4 Å². The number of fused-ring (bicyclic) bond motifs is 1. The molecule has 2 aromatic heterocycles. The van der Waals surface area contributed by atoms with E-state index in [1.54, 1.807) is 17.7 Å². The molecule has 1 fully saturated rings. The van der Waals surface area contributed by atoms with Gasteiger partial charge >= 0.3 is 12.1 Å². The molecule has 2 atom stereocenters. The lowest BCUT2D eigenvalue weighted by molar-refractivity contribution is -0.174. The number of nitriles is 1. The molecule has 3 rings (SSSR count). The number of likely N-dealkylation sites (tertiary alicyclic amines) is 1. The quantitative estimate of drug-likeness (QED) is 0.561. The van der Waals surface area contributed by atoms with Gasteiger partial charge in [0.05, 0.1) is 24.3 Å². The third-order valence-corrected chi connectivity index (χ3v) is 5.77.